The smallest absolute Gasteiger partial charge is 0.232 e. The van der Waals surface area contributed by atoms with Crippen molar-refractivity contribution in [1.29, 1.82) is 0 Å². The Bertz CT molecular complexity index is 787. The van der Waals surface area contributed by atoms with Crippen LogP contribution in [-0.2, 0) is 0 Å². The van der Waals surface area contributed by atoms with Gasteiger partial charge >= 0.3 is 0 Å². The Balaban J connectivity index is 1.38. The molecule has 0 bridgehead atoms. The summed E-state index contributed by atoms with van der Waals surface area (Å²) in [6.07, 6.45) is 3.61. The molecular formula is C16H13FN4OS. The maximum atomic E-state index is 12.9. The number of pyridine rings is 1. The SMILES string of the molecule is Fc1ccc(-c2noc(C3CN(Sc4cccnc4)C3)n2)cc1. The molecule has 0 spiro atoms. The molecule has 116 valence electrons. The molecule has 1 fully saturated rings. The molecule has 0 aliphatic carbocycles. The van der Waals surface area contributed by atoms with Gasteiger partial charge in [-0.25, -0.2) is 8.70 Å². The van der Waals surface area contributed by atoms with Crippen LogP contribution in [0.15, 0.2) is 58.2 Å². The average molecular weight is 328 g/mol. The van der Waals surface area contributed by atoms with E-state index in [1.165, 1.54) is 12.1 Å². The molecule has 1 aliphatic rings. The summed E-state index contributed by atoms with van der Waals surface area (Å²) in [6, 6.07) is 10.0. The highest BCUT2D eigenvalue weighted by Gasteiger charge is 2.33. The quantitative estimate of drug-likeness (QED) is 0.684. The average Bonchev–Trinajstić information content (AvgIpc) is 3.01. The molecule has 3 heterocycles. The molecule has 0 atom stereocenters. The molecule has 1 saturated heterocycles. The predicted octanol–water partition coefficient (Wildman–Crippen LogP) is 3.38. The topological polar surface area (TPSA) is 55.1 Å². The van der Waals surface area contributed by atoms with Gasteiger partial charge in [0.25, 0.3) is 0 Å². The van der Waals surface area contributed by atoms with Crippen molar-refractivity contribution in [3.63, 3.8) is 0 Å². The molecule has 0 amide bonds. The molecule has 1 aromatic carbocycles. The largest absolute Gasteiger partial charge is 0.339 e. The van der Waals surface area contributed by atoms with Crippen molar-refractivity contribution in [2.24, 2.45) is 0 Å². The zero-order chi connectivity index (χ0) is 15.6. The van der Waals surface area contributed by atoms with E-state index in [1.807, 2.05) is 18.3 Å². The monoisotopic (exact) mass is 328 g/mol. The van der Waals surface area contributed by atoms with Crippen LogP contribution in [0.3, 0.4) is 0 Å². The van der Waals surface area contributed by atoms with Crippen LogP contribution in [0.25, 0.3) is 11.4 Å². The Hall–Kier alpha value is -2.25. The van der Waals surface area contributed by atoms with Crippen molar-refractivity contribution in [3.05, 3.63) is 60.5 Å². The van der Waals surface area contributed by atoms with E-state index in [4.69, 9.17) is 4.52 Å². The molecule has 7 heteroatoms. The van der Waals surface area contributed by atoms with E-state index < -0.39 is 0 Å². The molecule has 0 radical (unpaired) electrons. The molecule has 0 N–H and O–H groups in total. The Labute approximate surface area is 136 Å². The van der Waals surface area contributed by atoms with Crippen LogP contribution >= 0.6 is 11.9 Å². The number of nitrogens with zero attached hydrogens (tertiary/aromatic N) is 4. The lowest BCUT2D eigenvalue weighted by Gasteiger charge is -2.35. The summed E-state index contributed by atoms with van der Waals surface area (Å²) in [5, 5.41) is 3.98. The van der Waals surface area contributed by atoms with E-state index >= 15 is 0 Å². The predicted molar refractivity (Wildman–Crippen MR) is 84.1 cm³/mol. The fourth-order valence-corrected chi connectivity index (χ4v) is 3.39. The molecule has 4 rings (SSSR count). The van der Waals surface area contributed by atoms with Crippen LogP contribution < -0.4 is 0 Å². The maximum absolute atomic E-state index is 12.9. The minimum Gasteiger partial charge on any atom is -0.339 e. The van der Waals surface area contributed by atoms with Gasteiger partial charge in [-0.3, -0.25) is 4.98 Å². The van der Waals surface area contributed by atoms with Crippen LogP contribution in [-0.4, -0.2) is 32.5 Å². The maximum Gasteiger partial charge on any atom is 0.232 e. The summed E-state index contributed by atoms with van der Waals surface area (Å²) in [5.41, 5.74) is 0.752. The van der Waals surface area contributed by atoms with Gasteiger partial charge in [-0.2, -0.15) is 4.98 Å². The van der Waals surface area contributed by atoms with Gasteiger partial charge in [0.15, 0.2) is 0 Å². The van der Waals surface area contributed by atoms with E-state index in [-0.39, 0.29) is 11.7 Å². The number of rotatable bonds is 4. The van der Waals surface area contributed by atoms with Gasteiger partial charge in [0.2, 0.25) is 11.7 Å². The van der Waals surface area contributed by atoms with E-state index in [0.29, 0.717) is 11.7 Å². The summed E-state index contributed by atoms with van der Waals surface area (Å²) in [7, 11) is 0. The Morgan fingerprint density at radius 1 is 1.17 bits per heavy atom. The Morgan fingerprint density at radius 2 is 2.00 bits per heavy atom. The van der Waals surface area contributed by atoms with Gasteiger partial charge in [-0.15, -0.1) is 0 Å². The second-order valence-electron chi connectivity index (χ2n) is 5.29. The third-order valence-corrected chi connectivity index (χ3v) is 4.62. The summed E-state index contributed by atoms with van der Waals surface area (Å²) < 4.78 is 20.5. The van der Waals surface area contributed by atoms with Crippen LogP contribution in [0.1, 0.15) is 11.8 Å². The highest BCUT2D eigenvalue weighted by molar-refractivity contribution is 7.97. The lowest BCUT2D eigenvalue weighted by Crippen LogP contribution is -2.40. The summed E-state index contributed by atoms with van der Waals surface area (Å²) >= 11 is 1.67. The first-order chi connectivity index (χ1) is 11.3. The lowest BCUT2D eigenvalue weighted by molar-refractivity contribution is 0.232. The summed E-state index contributed by atoms with van der Waals surface area (Å²) in [5.74, 6) is 1.09. The number of aromatic nitrogens is 3. The van der Waals surface area contributed by atoms with Crippen molar-refractivity contribution >= 4 is 11.9 Å². The highest BCUT2D eigenvalue weighted by atomic mass is 32.2. The second kappa shape index (κ2) is 6.10. The number of hydrogen-bond donors (Lipinski definition) is 0. The number of hydrogen-bond acceptors (Lipinski definition) is 6. The van der Waals surface area contributed by atoms with E-state index in [0.717, 1.165) is 23.5 Å². The normalized spacial score (nSPS) is 15.5. The molecule has 2 aromatic heterocycles. The minimum atomic E-state index is -0.278. The van der Waals surface area contributed by atoms with Gasteiger partial charge in [0, 0.05) is 35.9 Å². The van der Waals surface area contributed by atoms with Crippen LogP contribution in [0.5, 0.6) is 0 Å². The Morgan fingerprint density at radius 3 is 2.74 bits per heavy atom. The fourth-order valence-electron chi connectivity index (χ4n) is 2.34. The standard InChI is InChI=1S/C16H13FN4OS/c17-13-5-3-11(4-6-13)15-19-16(22-20-15)12-9-21(10-12)23-14-2-1-7-18-8-14/h1-8,12H,9-10H2. The van der Waals surface area contributed by atoms with Crippen LogP contribution in [0, 0.1) is 5.82 Å². The number of benzene rings is 1. The summed E-state index contributed by atoms with van der Waals surface area (Å²) in [6.45, 7) is 1.70. The zero-order valence-corrected chi connectivity index (χ0v) is 12.9. The minimum absolute atomic E-state index is 0.237. The Kier molecular flexibility index (Phi) is 3.80. The van der Waals surface area contributed by atoms with Gasteiger partial charge in [0.1, 0.15) is 5.82 Å². The first kappa shape index (κ1) is 14.3. The first-order valence-corrected chi connectivity index (χ1v) is 7.98. The van der Waals surface area contributed by atoms with E-state index in [1.54, 1.807) is 30.3 Å². The summed E-state index contributed by atoms with van der Waals surface area (Å²) in [4.78, 5) is 9.64. The van der Waals surface area contributed by atoms with Gasteiger partial charge in [-0.1, -0.05) is 5.16 Å². The van der Waals surface area contributed by atoms with E-state index in [2.05, 4.69) is 19.4 Å². The van der Waals surface area contributed by atoms with Crippen molar-refractivity contribution in [1.82, 2.24) is 19.4 Å². The van der Waals surface area contributed by atoms with E-state index in [9.17, 15) is 4.39 Å². The van der Waals surface area contributed by atoms with Crippen LogP contribution in [0.2, 0.25) is 0 Å². The third-order valence-electron chi connectivity index (χ3n) is 3.61. The second-order valence-corrected chi connectivity index (χ2v) is 6.46. The molecule has 23 heavy (non-hydrogen) atoms. The van der Waals surface area contributed by atoms with Crippen molar-refractivity contribution in [3.8, 4) is 11.4 Å². The van der Waals surface area contributed by atoms with Gasteiger partial charge < -0.3 is 4.52 Å². The fraction of sp³-hybridized carbons (Fsp3) is 0.188. The number of halogens is 1. The lowest BCUT2D eigenvalue weighted by atomic mass is 10.0. The zero-order valence-electron chi connectivity index (χ0n) is 12.1. The first-order valence-electron chi connectivity index (χ1n) is 7.20. The molecule has 0 saturated carbocycles. The van der Waals surface area contributed by atoms with Crippen molar-refractivity contribution in [2.75, 3.05) is 13.1 Å². The third kappa shape index (κ3) is 3.11. The van der Waals surface area contributed by atoms with Crippen LogP contribution in [0.4, 0.5) is 4.39 Å². The van der Waals surface area contributed by atoms with Gasteiger partial charge in [0.05, 0.1) is 5.92 Å². The molecule has 5 nitrogen and oxygen atoms in total. The van der Waals surface area contributed by atoms with Crippen molar-refractivity contribution < 1.29 is 8.91 Å². The van der Waals surface area contributed by atoms with Crippen molar-refractivity contribution in [2.45, 2.75) is 10.8 Å². The molecule has 3 aromatic rings. The molecular weight excluding hydrogens is 315 g/mol. The molecule has 1 aliphatic heterocycles. The van der Waals surface area contributed by atoms with Gasteiger partial charge in [-0.05, 0) is 48.3 Å². The molecule has 0 unspecified atom stereocenters. The highest BCUT2D eigenvalue weighted by Crippen LogP contribution is 2.35.